The number of rotatable bonds is 10. The normalized spacial score (nSPS) is 14.4. The standard InChI is InChI=1S/C32H29BrN2O6S/c1-4-39-26-15-10-22(17-27(26)40-5-2)29-25(31(37)38-3)18-34-32-35(29)30(36)28(42-32)16-20-8-13-24(14-9-20)41-19-21-6-11-23(33)12-7-21/h6-18,29H,4-5,19H2,1-3H3/b28-16-/t29-/m1/s1. The summed E-state index contributed by atoms with van der Waals surface area (Å²) in [4.78, 5) is 31.5. The van der Waals surface area contributed by atoms with E-state index >= 15 is 0 Å². The van der Waals surface area contributed by atoms with Gasteiger partial charge in [0.25, 0.3) is 5.56 Å². The second-order valence-electron chi connectivity index (χ2n) is 9.23. The van der Waals surface area contributed by atoms with Gasteiger partial charge in [-0.3, -0.25) is 9.36 Å². The zero-order chi connectivity index (χ0) is 29.6. The van der Waals surface area contributed by atoms with Crippen LogP contribution in [-0.4, -0.2) is 30.9 Å². The van der Waals surface area contributed by atoms with Gasteiger partial charge in [-0.25, -0.2) is 9.79 Å². The minimum atomic E-state index is -0.750. The number of aromatic nitrogens is 1. The molecule has 1 aliphatic rings. The predicted molar refractivity (Wildman–Crippen MR) is 165 cm³/mol. The highest BCUT2D eigenvalue weighted by atomic mass is 79.9. The number of nitrogens with zero attached hydrogens (tertiary/aromatic N) is 2. The van der Waals surface area contributed by atoms with E-state index in [1.54, 1.807) is 12.1 Å². The first-order valence-electron chi connectivity index (χ1n) is 13.4. The Kier molecular flexibility index (Phi) is 9.24. The van der Waals surface area contributed by atoms with Gasteiger partial charge in [0.15, 0.2) is 16.3 Å². The summed E-state index contributed by atoms with van der Waals surface area (Å²) in [6.07, 6.45) is 3.28. The van der Waals surface area contributed by atoms with Gasteiger partial charge >= 0.3 is 5.97 Å². The summed E-state index contributed by atoms with van der Waals surface area (Å²) in [7, 11) is 1.31. The number of ether oxygens (including phenoxy) is 4. The molecule has 1 atom stereocenters. The van der Waals surface area contributed by atoms with Crippen LogP contribution in [0.15, 0.2) is 92.8 Å². The van der Waals surface area contributed by atoms with E-state index in [2.05, 4.69) is 20.9 Å². The number of carbonyl (C=O) groups is 1. The van der Waals surface area contributed by atoms with Crippen LogP contribution in [0.4, 0.5) is 0 Å². The van der Waals surface area contributed by atoms with E-state index in [0.717, 1.165) is 21.3 Å². The molecular formula is C32H29BrN2O6S. The number of methoxy groups -OCH3 is 1. The number of esters is 1. The molecule has 42 heavy (non-hydrogen) atoms. The molecule has 1 aliphatic heterocycles. The number of benzene rings is 3. The molecule has 0 saturated carbocycles. The summed E-state index contributed by atoms with van der Waals surface area (Å²) in [5, 5.41) is 0. The zero-order valence-electron chi connectivity index (χ0n) is 23.3. The van der Waals surface area contributed by atoms with E-state index in [0.29, 0.717) is 46.2 Å². The van der Waals surface area contributed by atoms with Crippen molar-refractivity contribution in [3.05, 3.63) is 119 Å². The molecule has 1 aromatic heterocycles. The molecule has 0 radical (unpaired) electrons. The molecule has 216 valence electrons. The molecule has 0 bridgehead atoms. The lowest BCUT2D eigenvalue weighted by Gasteiger charge is -2.23. The molecular weight excluding hydrogens is 620 g/mol. The van der Waals surface area contributed by atoms with Crippen molar-refractivity contribution in [2.45, 2.75) is 26.5 Å². The van der Waals surface area contributed by atoms with Gasteiger partial charge in [-0.1, -0.05) is 57.6 Å². The number of carbonyl (C=O) groups excluding carboxylic acids is 1. The smallest absolute Gasteiger partial charge is 0.337 e. The number of halogens is 1. The van der Waals surface area contributed by atoms with Crippen LogP contribution >= 0.6 is 27.3 Å². The van der Waals surface area contributed by atoms with Crippen LogP contribution in [0.1, 0.15) is 36.6 Å². The topological polar surface area (TPSA) is 88.4 Å². The quantitative estimate of drug-likeness (QED) is 0.221. The molecule has 0 amide bonds. The lowest BCUT2D eigenvalue weighted by atomic mass is 9.97. The zero-order valence-corrected chi connectivity index (χ0v) is 25.7. The van der Waals surface area contributed by atoms with Gasteiger partial charge < -0.3 is 18.9 Å². The number of thiazole rings is 1. The Hall–Kier alpha value is -4.15. The second-order valence-corrected chi connectivity index (χ2v) is 11.2. The van der Waals surface area contributed by atoms with Crippen LogP contribution in [0.3, 0.4) is 0 Å². The summed E-state index contributed by atoms with van der Waals surface area (Å²) in [6.45, 7) is 5.13. The van der Waals surface area contributed by atoms with Crippen LogP contribution in [0.5, 0.6) is 17.2 Å². The highest BCUT2D eigenvalue weighted by Crippen LogP contribution is 2.35. The lowest BCUT2D eigenvalue weighted by Crippen LogP contribution is -2.39. The van der Waals surface area contributed by atoms with Crippen LogP contribution in [-0.2, 0) is 16.1 Å². The second kappa shape index (κ2) is 13.2. The first-order valence-corrected chi connectivity index (χ1v) is 15.0. The monoisotopic (exact) mass is 648 g/mol. The van der Waals surface area contributed by atoms with E-state index in [1.165, 1.54) is 29.2 Å². The average molecular weight is 650 g/mol. The summed E-state index contributed by atoms with van der Waals surface area (Å²) >= 11 is 4.69. The molecule has 0 unspecified atom stereocenters. The van der Waals surface area contributed by atoms with E-state index < -0.39 is 12.0 Å². The van der Waals surface area contributed by atoms with Crippen molar-refractivity contribution >= 4 is 39.3 Å². The average Bonchev–Trinajstić information content (AvgIpc) is 3.32. The maximum Gasteiger partial charge on any atom is 0.337 e. The number of fused-ring (bicyclic) bond motifs is 1. The Morgan fingerprint density at radius 1 is 0.976 bits per heavy atom. The summed E-state index contributed by atoms with van der Waals surface area (Å²) < 4.78 is 25.5. The number of hydrogen-bond acceptors (Lipinski definition) is 8. The van der Waals surface area contributed by atoms with Crippen molar-refractivity contribution in [3.8, 4) is 17.2 Å². The van der Waals surface area contributed by atoms with Gasteiger partial charge in [0, 0.05) is 10.7 Å². The Morgan fingerprint density at radius 2 is 1.69 bits per heavy atom. The van der Waals surface area contributed by atoms with Crippen LogP contribution < -0.4 is 29.1 Å². The van der Waals surface area contributed by atoms with Crippen LogP contribution in [0.25, 0.3) is 6.08 Å². The van der Waals surface area contributed by atoms with E-state index in [9.17, 15) is 9.59 Å². The minimum Gasteiger partial charge on any atom is -0.490 e. The Morgan fingerprint density at radius 3 is 2.38 bits per heavy atom. The van der Waals surface area contributed by atoms with Crippen molar-refractivity contribution in [2.24, 2.45) is 4.99 Å². The van der Waals surface area contributed by atoms with Crippen molar-refractivity contribution in [3.63, 3.8) is 0 Å². The fraction of sp³-hybridized carbons (Fsp3) is 0.219. The molecule has 4 aromatic rings. The fourth-order valence-electron chi connectivity index (χ4n) is 4.55. The maximum atomic E-state index is 13.8. The summed E-state index contributed by atoms with van der Waals surface area (Å²) in [5.74, 6) is 1.27. The van der Waals surface area contributed by atoms with Gasteiger partial charge in [-0.2, -0.15) is 0 Å². The first kappa shape index (κ1) is 29.3. The third kappa shape index (κ3) is 6.34. The largest absolute Gasteiger partial charge is 0.490 e. The minimum absolute atomic E-state index is 0.246. The molecule has 0 N–H and O–H groups in total. The molecule has 0 aliphatic carbocycles. The van der Waals surface area contributed by atoms with Crippen molar-refractivity contribution in [2.75, 3.05) is 20.3 Å². The fourth-order valence-corrected chi connectivity index (χ4v) is 5.78. The summed E-state index contributed by atoms with van der Waals surface area (Å²) in [5.41, 5.74) is 2.55. The van der Waals surface area contributed by atoms with Gasteiger partial charge in [0.05, 0.1) is 36.5 Å². The van der Waals surface area contributed by atoms with Crippen LogP contribution in [0, 0.1) is 0 Å². The Bertz CT molecular complexity index is 1790. The number of hydrogen-bond donors (Lipinski definition) is 0. The SMILES string of the molecule is CCOc1ccc([C@@H]2C(C(=O)OC)=CN=c3s/c(=C\c4ccc(OCc5ccc(Br)cc5)cc4)c(=O)n32)cc1OCC. The van der Waals surface area contributed by atoms with E-state index in [4.69, 9.17) is 18.9 Å². The van der Waals surface area contributed by atoms with Gasteiger partial charge in [0.2, 0.25) is 0 Å². The van der Waals surface area contributed by atoms with Crippen molar-refractivity contribution < 1.29 is 23.7 Å². The lowest BCUT2D eigenvalue weighted by molar-refractivity contribution is -0.136. The molecule has 0 saturated heterocycles. The first-order chi connectivity index (χ1) is 20.4. The summed E-state index contributed by atoms with van der Waals surface area (Å²) in [6, 6.07) is 20.1. The highest BCUT2D eigenvalue weighted by Gasteiger charge is 2.31. The van der Waals surface area contributed by atoms with Gasteiger partial charge in [-0.15, -0.1) is 0 Å². The Labute approximate surface area is 255 Å². The molecule has 8 nitrogen and oxygen atoms in total. The molecule has 3 aromatic carbocycles. The maximum absolute atomic E-state index is 13.8. The Balaban J connectivity index is 1.48. The highest BCUT2D eigenvalue weighted by molar-refractivity contribution is 9.10. The predicted octanol–water partition coefficient (Wildman–Crippen LogP) is 5.16. The van der Waals surface area contributed by atoms with E-state index in [1.807, 2.05) is 74.5 Å². The van der Waals surface area contributed by atoms with Gasteiger partial charge in [0.1, 0.15) is 12.4 Å². The molecule has 5 rings (SSSR count). The van der Waals surface area contributed by atoms with E-state index in [-0.39, 0.29) is 11.1 Å². The molecule has 0 fully saturated rings. The van der Waals surface area contributed by atoms with Crippen molar-refractivity contribution in [1.29, 1.82) is 0 Å². The third-order valence-electron chi connectivity index (χ3n) is 6.50. The molecule has 10 heteroatoms. The third-order valence-corrected chi connectivity index (χ3v) is 8.03. The van der Waals surface area contributed by atoms with Crippen molar-refractivity contribution in [1.82, 2.24) is 4.57 Å². The van der Waals surface area contributed by atoms with Gasteiger partial charge in [-0.05, 0) is 73.0 Å². The molecule has 0 spiro atoms. The van der Waals surface area contributed by atoms with Crippen LogP contribution in [0.2, 0.25) is 0 Å². The molecule has 2 heterocycles.